The van der Waals surface area contributed by atoms with Crippen LogP contribution in [0, 0.1) is 5.82 Å². The molecule has 1 aliphatic heterocycles. The summed E-state index contributed by atoms with van der Waals surface area (Å²) in [6, 6.07) is 5.63. The van der Waals surface area contributed by atoms with Crippen LogP contribution in [0.4, 0.5) is 13.2 Å². The Balaban J connectivity index is 1.70. The number of aromatic nitrogens is 3. The van der Waals surface area contributed by atoms with Crippen molar-refractivity contribution in [2.45, 2.75) is 19.0 Å². The van der Waals surface area contributed by atoms with E-state index in [1.807, 2.05) is 35.1 Å². The van der Waals surface area contributed by atoms with Gasteiger partial charge in [-0.15, -0.1) is 0 Å². The number of halogens is 3. The summed E-state index contributed by atoms with van der Waals surface area (Å²) in [5, 5.41) is 6.23. The number of pyridine rings is 1. The molecule has 2 aromatic heterocycles. The SMILES string of the molecule is CN1C=CC(Cn2ncc3ncc(-c4ccc(F)c(C(F)F)c4)cc32)N1. The highest BCUT2D eigenvalue weighted by Crippen LogP contribution is 2.29. The van der Waals surface area contributed by atoms with Crippen molar-refractivity contribution in [3.63, 3.8) is 0 Å². The number of nitrogens with zero attached hydrogens (tertiary/aromatic N) is 4. The molecule has 0 saturated carbocycles. The van der Waals surface area contributed by atoms with E-state index in [1.165, 1.54) is 12.1 Å². The number of benzene rings is 1. The van der Waals surface area contributed by atoms with Crippen molar-refractivity contribution in [2.75, 3.05) is 7.05 Å². The number of hydrazine groups is 1. The van der Waals surface area contributed by atoms with E-state index >= 15 is 0 Å². The lowest BCUT2D eigenvalue weighted by Gasteiger charge is -2.15. The van der Waals surface area contributed by atoms with E-state index in [2.05, 4.69) is 15.5 Å². The Morgan fingerprint density at radius 1 is 1.19 bits per heavy atom. The lowest BCUT2D eigenvalue weighted by molar-refractivity contribution is 0.146. The summed E-state index contributed by atoms with van der Waals surface area (Å²) in [4.78, 5) is 4.35. The van der Waals surface area contributed by atoms with Gasteiger partial charge in [-0.1, -0.05) is 6.07 Å². The number of alkyl halides is 2. The maximum atomic E-state index is 13.5. The topological polar surface area (TPSA) is 46.0 Å². The molecule has 0 radical (unpaired) electrons. The van der Waals surface area contributed by atoms with E-state index < -0.39 is 17.8 Å². The van der Waals surface area contributed by atoms with Crippen molar-refractivity contribution in [1.29, 1.82) is 0 Å². The summed E-state index contributed by atoms with van der Waals surface area (Å²) in [7, 11) is 1.91. The smallest absolute Gasteiger partial charge is 0.266 e. The van der Waals surface area contributed by atoms with Gasteiger partial charge in [-0.3, -0.25) is 9.67 Å². The Labute approximate surface area is 147 Å². The van der Waals surface area contributed by atoms with Crippen LogP contribution >= 0.6 is 0 Å². The van der Waals surface area contributed by atoms with Gasteiger partial charge in [0.05, 0.1) is 29.9 Å². The third-order valence-electron chi connectivity index (χ3n) is 4.34. The monoisotopic (exact) mass is 359 g/mol. The van der Waals surface area contributed by atoms with E-state index in [0.717, 1.165) is 11.6 Å². The first-order valence-corrected chi connectivity index (χ1v) is 8.08. The molecule has 0 aliphatic carbocycles. The minimum absolute atomic E-state index is 0.100. The number of hydrogen-bond donors (Lipinski definition) is 1. The second kappa shape index (κ2) is 6.45. The predicted molar refractivity (Wildman–Crippen MR) is 91.7 cm³/mol. The van der Waals surface area contributed by atoms with Crippen molar-refractivity contribution in [2.24, 2.45) is 0 Å². The molecule has 0 bridgehead atoms. The van der Waals surface area contributed by atoms with Crippen LogP contribution in [0.5, 0.6) is 0 Å². The van der Waals surface area contributed by atoms with Gasteiger partial charge in [-0.2, -0.15) is 5.10 Å². The Bertz CT molecular complexity index is 982. The molecule has 0 spiro atoms. The molecule has 0 fully saturated rings. The molecule has 4 rings (SSSR count). The number of nitrogens with one attached hydrogen (secondary N) is 1. The van der Waals surface area contributed by atoms with Crippen molar-refractivity contribution in [3.8, 4) is 11.1 Å². The zero-order chi connectivity index (χ0) is 18.3. The van der Waals surface area contributed by atoms with E-state index in [0.29, 0.717) is 23.2 Å². The van der Waals surface area contributed by atoms with Crippen molar-refractivity contribution >= 4 is 11.0 Å². The zero-order valence-corrected chi connectivity index (χ0v) is 13.9. The predicted octanol–water partition coefficient (Wildman–Crippen LogP) is 3.51. The number of rotatable bonds is 4. The van der Waals surface area contributed by atoms with Crippen molar-refractivity contribution in [3.05, 3.63) is 60.3 Å². The van der Waals surface area contributed by atoms with Crippen LogP contribution in [0.25, 0.3) is 22.2 Å². The van der Waals surface area contributed by atoms with Gasteiger partial charge in [0, 0.05) is 25.0 Å². The summed E-state index contributed by atoms with van der Waals surface area (Å²) in [6.07, 6.45) is 4.34. The molecular formula is C18H16F3N5. The van der Waals surface area contributed by atoms with E-state index in [-0.39, 0.29) is 6.04 Å². The summed E-state index contributed by atoms with van der Waals surface area (Å²) >= 11 is 0. The lowest BCUT2D eigenvalue weighted by Crippen LogP contribution is -2.35. The second-order valence-corrected chi connectivity index (χ2v) is 6.18. The quantitative estimate of drug-likeness (QED) is 0.774. The molecule has 1 atom stereocenters. The molecule has 8 heteroatoms. The fraction of sp³-hybridized carbons (Fsp3) is 0.222. The molecule has 1 N–H and O–H groups in total. The highest BCUT2D eigenvalue weighted by Gasteiger charge is 2.17. The standard InChI is InChI=1S/C18H16F3N5/c1-25-5-4-13(24-25)10-26-17-7-12(8-22-16(17)9-23-26)11-2-3-15(19)14(6-11)18(20)21/h2-9,13,18,24H,10H2,1H3. The summed E-state index contributed by atoms with van der Waals surface area (Å²) in [6.45, 7) is 0.598. The van der Waals surface area contributed by atoms with Gasteiger partial charge in [-0.05, 0) is 29.8 Å². The maximum absolute atomic E-state index is 13.5. The molecular weight excluding hydrogens is 343 g/mol. The minimum Gasteiger partial charge on any atom is -0.318 e. The van der Waals surface area contributed by atoms with Crippen LogP contribution < -0.4 is 5.43 Å². The summed E-state index contributed by atoms with van der Waals surface area (Å²) < 4.78 is 41.3. The Hall–Kier alpha value is -2.87. The van der Waals surface area contributed by atoms with Gasteiger partial charge in [0.1, 0.15) is 11.3 Å². The molecule has 1 aromatic carbocycles. The van der Waals surface area contributed by atoms with Crippen LogP contribution in [0.2, 0.25) is 0 Å². The number of hydrogen-bond acceptors (Lipinski definition) is 4. The molecule has 0 amide bonds. The van der Waals surface area contributed by atoms with Crippen molar-refractivity contribution < 1.29 is 13.2 Å². The average Bonchev–Trinajstić information content (AvgIpc) is 3.21. The highest BCUT2D eigenvalue weighted by molar-refractivity contribution is 5.80. The van der Waals surface area contributed by atoms with Gasteiger partial charge in [0.25, 0.3) is 6.43 Å². The molecule has 1 unspecified atom stereocenters. The fourth-order valence-electron chi connectivity index (χ4n) is 3.02. The van der Waals surface area contributed by atoms with Gasteiger partial charge < -0.3 is 5.01 Å². The first kappa shape index (κ1) is 16.6. The molecule has 3 aromatic rings. The van der Waals surface area contributed by atoms with E-state index in [9.17, 15) is 13.2 Å². The molecule has 0 saturated heterocycles. The molecule has 134 valence electrons. The fourth-order valence-corrected chi connectivity index (χ4v) is 3.02. The van der Waals surface area contributed by atoms with Gasteiger partial charge in [0.2, 0.25) is 0 Å². The molecule has 1 aliphatic rings. The van der Waals surface area contributed by atoms with Crippen LogP contribution in [0.1, 0.15) is 12.0 Å². The Morgan fingerprint density at radius 2 is 2.04 bits per heavy atom. The van der Waals surface area contributed by atoms with E-state index in [1.54, 1.807) is 12.4 Å². The lowest BCUT2D eigenvalue weighted by atomic mass is 10.0. The van der Waals surface area contributed by atoms with Crippen molar-refractivity contribution in [1.82, 2.24) is 25.2 Å². The van der Waals surface area contributed by atoms with Crippen LogP contribution in [0.3, 0.4) is 0 Å². The van der Waals surface area contributed by atoms with Crippen LogP contribution in [-0.2, 0) is 6.54 Å². The Kier molecular flexibility index (Phi) is 4.12. The zero-order valence-electron chi connectivity index (χ0n) is 13.9. The Morgan fingerprint density at radius 3 is 2.77 bits per heavy atom. The third kappa shape index (κ3) is 3.03. The van der Waals surface area contributed by atoms with Gasteiger partial charge in [-0.25, -0.2) is 18.6 Å². The molecule has 5 nitrogen and oxygen atoms in total. The van der Waals surface area contributed by atoms with E-state index in [4.69, 9.17) is 0 Å². The maximum Gasteiger partial charge on any atom is 0.266 e. The highest BCUT2D eigenvalue weighted by atomic mass is 19.3. The minimum atomic E-state index is -2.87. The number of fused-ring (bicyclic) bond motifs is 1. The summed E-state index contributed by atoms with van der Waals surface area (Å²) in [5.74, 6) is -0.911. The van der Waals surface area contributed by atoms with Gasteiger partial charge >= 0.3 is 0 Å². The normalized spacial score (nSPS) is 17.0. The van der Waals surface area contributed by atoms with Crippen LogP contribution in [0.15, 0.2) is 48.9 Å². The second-order valence-electron chi connectivity index (χ2n) is 6.18. The molecule has 3 heterocycles. The summed E-state index contributed by atoms with van der Waals surface area (Å²) in [5.41, 5.74) is 5.25. The average molecular weight is 359 g/mol. The molecule has 26 heavy (non-hydrogen) atoms. The third-order valence-corrected chi connectivity index (χ3v) is 4.34. The largest absolute Gasteiger partial charge is 0.318 e. The van der Waals surface area contributed by atoms with Crippen LogP contribution in [-0.4, -0.2) is 32.9 Å². The first-order valence-electron chi connectivity index (χ1n) is 8.08. The van der Waals surface area contributed by atoms with Gasteiger partial charge in [0.15, 0.2) is 0 Å². The first-order chi connectivity index (χ1) is 12.5.